The fraction of sp³-hybridized carbons (Fsp3) is 0.0909. The molecule has 2 aromatic rings. The van der Waals surface area contributed by atoms with Crippen molar-refractivity contribution in [3.05, 3.63) is 30.2 Å². The molecule has 2 rings (SSSR count). The average Bonchev–Trinajstić information content (AvgIpc) is 2.68. The van der Waals surface area contributed by atoms with Gasteiger partial charge in [0.1, 0.15) is 5.75 Å². The van der Waals surface area contributed by atoms with Gasteiger partial charge in [0.15, 0.2) is 11.1 Å². The van der Waals surface area contributed by atoms with Crippen molar-refractivity contribution in [2.24, 2.45) is 0 Å². The lowest BCUT2D eigenvalue weighted by atomic mass is 10.3. The third-order valence-electron chi connectivity index (χ3n) is 1.99. The highest BCUT2D eigenvalue weighted by Crippen LogP contribution is 2.25. The highest BCUT2D eigenvalue weighted by Gasteiger charge is 2.08. The van der Waals surface area contributed by atoms with E-state index in [1.54, 1.807) is 18.2 Å². The Morgan fingerprint density at radius 1 is 1.56 bits per heavy atom. The first kappa shape index (κ1) is 10.2. The Balaban J connectivity index is 2.47. The smallest absolute Gasteiger partial charge is 0.328 e. The summed E-state index contributed by atoms with van der Waals surface area (Å²) in [5.41, 5.74) is 1.14. The van der Waals surface area contributed by atoms with Crippen molar-refractivity contribution < 1.29 is 19.1 Å². The molecule has 0 saturated carbocycles. The summed E-state index contributed by atoms with van der Waals surface area (Å²) >= 11 is 0. The van der Waals surface area contributed by atoms with E-state index in [0.29, 0.717) is 16.8 Å². The van der Waals surface area contributed by atoms with Gasteiger partial charge in [0.25, 0.3) is 0 Å². The fourth-order valence-electron chi connectivity index (χ4n) is 1.32. The molecule has 1 aromatic carbocycles. The van der Waals surface area contributed by atoms with Crippen molar-refractivity contribution in [2.45, 2.75) is 0 Å². The predicted octanol–water partition coefficient (Wildman–Crippen LogP) is 1.93. The van der Waals surface area contributed by atoms with Crippen LogP contribution >= 0.6 is 0 Å². The number of hydrogen-bond acceptors (Lipinski definition) is 4. The third-order valence-corrected chi connectivity index (χ3v) is 1.99. The van der Waals surface area contributed by atoms with Crippen molar-refractivity contribution in [2.75, 3.05) is 7.11 Å². The zero-order valence-corrected chi connectivity index (χ0v) is 8.51. The van der Waals surface area contributed by atoms with Gasteiger partial charge in [0.05, 0.1) is 7.11 Å². The van der Waals surface area contributed by atoms with E-state index in [-0.39, 0.29) is 5.89 Å². The molecule has 1 aromatic heterocycles. The first-order valence-corrected chi connectivity index (χ1v) is 4.55. The molecule has 0 aliphatic carbocycles. The lowest BCUT2D eigenvalue weighted by Crippen LogP contribution is -1.85. The van der Waals surface area contributed by atoms with Crippen molar-refractivity contribution in [1.29, 1.82) is 0 Å². The van der Waals surface area contributed by atoms with Crippen LogP contribution in [0.4, 0.5) is 0 Å². The van der Waals surface area contributed by atoms with Gasteiger partial charge in [-0.2, -0.15) is 0 Å². The van der Waals surface area contributed by atoms with E-state index in [1.807, 2.05) is 0 Å². The lowest BCUT2D eigenvalue weighted by molar-refractivity contribution is -0.131. The molecule has 0 aliphatic heterocycles. The number of rotatable bonds is 3. The Labute approximate surface area is 91.0 Å². The van der Waals surface area contributed by atoms with E-state index >= 15 is 0 Å². The minimum atomic E-state index is -1.05. The zero-order chi connectivity index (χ0) is 11.5. The molecule has 5 heteroatoms. The number of aliphatic carboxylic acids is 1. The number of benzene rings is 1. The number of oxazole rings is 1. The summed E-state index contributed by atoms with van der Waals surface area (Å²) in [4.78, 5) is 14.4. The van der Waals surface area contributed by atoms with Gasteiger partial charge in [0, 0.05) is 12.2 Å². The summed E-state index contributed by atoms with van der Waals surface area (Å²) in [6.07, 6.45) is 2.26. The third kappa shape index (κ3) is 1.88. The maximum absolute atomic E-state index is 10.3. The summed E-state index contributed by atoms with van der Waals surface area (Å²) in [6.45, 7) is 0. The Morgan fingerprint density at radius 2 is 2.38 bits per heavy atom. The van der Waals surface area contributed by atoms with Gasteiger partial charge in [-0.15, -0.1) is 0 Å². The summed E-state index contributed by atoms with van der Waals surface area (Å²) in [5.74, 6) is -0.215. The minimum Gasteiger partial charge on any atom is -0.494 e. The molecule has 1 heterocycles. The van der Waals surface area contributed by atoms with Gasteiger partial charge in [-0.1, -0.05) is 6.07 Å². The molecule has 0 saturated heterocycles. The van der Waals surface area contributed by atoms with Crippen molar-refractivity contribution in [3.8, 4) is 5.75 Å². The first-order valence-electron chi connectivity index (χ1n) is 4.55. The summed E-state index contributed by atoms with van der Waals surface area (Å²) < 4.78 is 10.4. The molecular weight excluding hydrogens is 210 g/mol. The van der Waals surface area contributed by atoms with Crippen LogP contribution in [0.15, 0.2) is 28.7 Å². The highest BCUT2D eigenvalue weighted by molar-refractivity contribution is 5.86. The average molecular weight is 219 g/mol. The Morgan fingerprint density at radius 3 is 3.06 bits per heavy atom. The van der Waals surface area contributed by atoms with Crippen molar-refractivity contribution in [1.82, 2.24) is 4.98 Å². The Bertz CT molecular complexity index is 556. The number of carboxylic acids is 1. The molecule has 1 N–H and O–H groups in total. The van der Waals surface area contributed by atoms with Crippen LogP contribution < -0.4 is 4.74 Å². The number of hydrogen-bond donors (Lipinski definition) is 1. The topological polar surface area (TPSA) is 72.6 Å². The van der Waals surface area contributed by atoms with Crippen LogP contribution in [0, 0.1) is 0 Å². The quantitative estimate of drug-likeness (QED) is 0.798. The summed E-state index contributed by atoms with van der Waals surface area (Å²) in [6, 6.07) is 5.27. The molecule has 5 nitrogen and oxygen atoms in total. The van der Waals surface area contributed by atoms with Crippen LogP contribution in [0.3, 0.4) is 0 Å². The van der Waals surface area contributed by atoms with Crippen LogP contribution in [-0.4, -0.2) is 23.2 Å². The standard InChI is InChI=1S/C11H9NO4/c1-15-7-3-2-4-8-11(7)12-9(16-8)5-6-10(13)14/h2-6H,1H3,(H,13,14)/b6-5+. The maximum atomic E-state index is 10.3. The second kappa shape index (κ2) is 4.06. The van der Waals surface area contributed by atoms with Gasteiger partial charge in [-0.25, -0.2) is 9.78 Å². The van der Waals surface area contributed by atoms with Gasteiger partial charge in [0.2, 0.25) is 5.89 Å². The molecule has 0 atom stereocenters. The SMILES string of the molecule is COc1cccc2oc(/C=C/C(=O)O)nc12. The second-order valence-corrected chi connectivity index (χ2v) is 3.03. The maximum Gasteiger partial charge on any atom is 0.328 e. The molecular formula is C11H9NO4. The largest absolute Gasteiger partial charge is 0.494 e. The number of aromatic nitrogens is 1. The number of para-hydroxylation sites is 1. The molecule has 82 valence electrons. The molecule has 0 fully saturated rings. The molecule has 0 spiro atoms. The predicted molar refractivity (Wildman–Crippen MR) is 57.2 cm³/mol. The molecule has 16 heavy (non-hydrogen) atoms. The van der Waals surface area contributed by atoms with E-state index in [1.165, 1.54) is 13.2 Å². The van der Waals surface area contributed by atoms with E-state index in [2.05, 4.69) is 4.98 Å². The molecule has 0 amide bonds. The zero-order valence-electron chi connectivity index (χ0n) is 8.51. The van der Waals surface area contributed by atoms with Gasteiger partial charge in [-0.3, -0.25) is 0 Å². The van der Waals surface area contributed by atoms with E-state index in [0.717, 1.165) is 6.08 Å². The Kier molecular flexibility index (Phi) is 2.59. The van der Waals surface area contributed by atoms with Crippen molar-refractivity contribution >= 4 is 23.1 Å². The molecule has 0 radical (unpaired) electrons. The summed E-state index contributed by atoms with van der Waals surface area (Å²) in [7, 11) is 1.54. The van der Waals surface area contributed by atoms with Crippen LogP contribution in [-0.2, 0) is 4.79 Å². The van der Waals surface area contributed by atoms with Gasteiger partial charge >= 0.3 is 5.97 Å². The lowest BCUT2D eigenvalue weighted by Gasteiger charge is -1.96. The number of methoxy groups -OCH3 is 1. The number of nitrogens with zero attached hydrogens (tertiary/aromatic N) is 1. The van der Waals surface area contributed by atoms with Gasteiger partial charge in [-0.05, 0) is 12.1 Å². The monoisotopic (exact) mass is 219 g/mol. The van der Waals surface area contributed by atoms with E-state index in [4.69, 9.17) is 14.3 Å². The highest BCUT2D eigenvalue weighted by atomic mass is 16.5. The van der Waals surface area contributed by atoms with Gasteiger partial charge < -0.3 is 14.3 Å². The van der Waals surface area contributed by atoms with E-state index in [9.17, 15) is 4.79 Å². The number of carbonyl (C=O) groups is 1. The van der Waals surface area contributed by atoms with Crippen LogP contribution in [0.5, 0.6) is 5.75 Å². The Hall–Kier alpha value is -2.30. The second-order valence-electron chi connectivity index (χ2n) is 3.03. The number of fused-ring (bicyclic) bond motifs is 1. The fourth-order valence-corrected chi connectivity index (χ4v) is 1.32. The number of carboxylic acid groups (broad SMARTS) is 1. The normalized spacial score (nSPS) is 11.1. The first-order chi connectivity index (χ1) is 7.70. The molecule has 0 aliphatic rings. The van der Waals surface area contributed by atoms with E-state index < -0.39 is 5.97 Å². The summed E-state index contributed by atoms with van der Waals surface area (Å²) in [5, 5.41) is 8.47. The van der Waals surface area contributed by atoms with Crippen molar-refractivity contribution in [3.63, 3.8) is 0 Å². The minimum absolute atomic E-state index is 0.238. The van der Waals surface area contributed by atoms with Crippen LogP contribution in [0.25, 0.3) is 17.2 Å². The number of ether oxygens (including phenoxy) is 1. The van der Waals surface area contributed by atoms with Crippen LogP contribution in [0.2, 0.25) is 0 Å². The molecule has 0 bridgehead atoms. The van der Waals surface area contributed by atoms with Crippen LogP contribution in [0.1, 0.15) is 5.89 Å². The molecule has 0 unspecified atom stereocenters.